The highest BCUT2D eigenvalue weighted by Gasteiger charge is 2.33. The summed E-state index contributed by atoms with van der Waals surface area (Å²) < 4.78 is 10.2. The summed E-state index contributed by atoms with van der Waals surface area (Å²) in [6, 6.07) is 15.9. The molecule has 2 amide bonds. The van der Waals surface area contributed by atoms with E-state index in [2.05, 4.69) is 5.32 Å². The summed E-state index contributed by atoms with van der Waals surface area (Å²) in [5.41, 5.74) is 3.00. The maximum Gasteiger partial charge on any atom is 0.338 e. The van der Waals surface area contributed by atoms with Crippen molar-refractivity contribution in [3.05, 3.63) is 88.9 Å². The number of nitrogens with one attached hydrogen (secondary N) is 1. The van der Waals surface area contributed by atoms with Gasteiger partial charge < -0.3 is 19.4 Å². The SMILES string of the molecule is COC(=O)c1cccc(NC(=O)c2ccc([C@@H]3SCC(=O)N3Cc3ccco3)cc2)c1C. The fourth-order valence-electron chi connectivity index (χ4n) is 3.57. The van der Waals surface area contributed by atoms with Crippen LogP contribution in [0.4, 0.5) is 5.69 Å². The number of amides is 2. The minimum Gasteiger partial charge on any atom is -0.467 e. The standard InChI is InChI=1S/C24H22N2O5S/c1-15-19(24(29)30-2)6-3-7-20(15)25-22(28)16-8-10-17(11-9-16)23-26(21(27)14-32-23)13-18-5-4-12-31-18/h3-12,23H,13-14H2,1-2H3,(H,25,28)/t23-/m0/s1. The summed E-state index contributed by atoms with van der Waals surface area (Å²) >= 11 is 1.55. The number of carbonyl (C=O) groups excluding carboxylic acids is 3. The second-order valence-electron chi connectivity index (χ2n) is 7.31. The number of rotatable bonds is 6. The van der Waals surface area contributed by atoms with Crippen molar-refractivity contribution in [3.8, 4) is 0 Å². The quantitative estimate of drug-likeness (QED) is 0.560. The molecule has 1 aliphatic rings. The van der Waals surface area contributed by atoms with Gasteiger partial charge in [0.15, 0.2) is 0 Å². The van der Waals surface area contributed by atoms with Crippen LogP contribution in [-0.4, -0.2) is 35.5 Å². The van der Waals surface area contributed by atoms with Crippen LogP contribution in [-0.2, 0) is 16.1 Å². The van der Waals surface area contributed by atoms with E-state index in [0.717, 1.165) is 11.3 Å². The molecule has 1 atom stereocenters. The Morgan fingerprint density at radius 3 is 2.62 bits per heavy atom. The summed E-state index contributed by atoms with van der Waals surface area (Å²) in [6.07, 6.45) is 1.59. The van der Waals surface area contributed by atoms with Crippen LogP contribution in [0.5, 0.6) is 0 Å². The molecule has 32 heavy (non-hydrogen) atoms. The second-order valence-corrected chi connectivity index (χ2v) is 8.38. The van der Waals surface area contributed by atoms with Gasteiger partial charge in [-0.15, -0.1) is 11.8 Å². The van der Waals surface area contributed by atoms with Crippen LogP contribution in [0.25, 0.3) is 0 Å². The Labute approximate surface area is 189 Å². The molecule has 4 rings (SSSR count). The number of carbonyl (C=O) groups is 3. The predicted octanol–water partition coefficient (Wildman–Crippen LogP) is 4.40. The third-order valence-electron chi connectivity index (χ3n) is 5.32. The van der Waals surface area contributed by atoms with Gasteiger partial charge in [0.2, 0.25) is 5.91 Å². The van der Waals surface area contributed by atoms with Crippen molar-refractivity contribution in [1.29, 1.82) is 0 Å². The monoisotopic (exact) mass is 450 g/mol. The van der Waals surface area contributed by atoms with Gasteiger partial charge in [-0.1, -0.05) is 18.2 Å². The van der Waals surface area contributed by atoms with Gasteiger partial charge >= 0.3 is 5.97 Å². The van der Waals surface area contributed by atoms with Gasteiger partial charge in [-0.2, -0.15) is 0 Å². The molecule has 164 valence electrons. The van der Waals surface area contributed by atoms with E-state index in [-0.39, 0.29) is 17.2 Å². The Morgan fingerprint density at radius 1 is 1.16 bits per heavy atom. The lowest BCUT2D eigenvalue weighted by Crippen LogP contribution is -2.27. The number of ether oxygens (including phenoxy) is 1. The molecule has 1 fully saturated rings. The molecular formula is C24H22N2O5S. The first-order valence-electron chi connectivity index (χ1n) is 10.0. The van der Waals surface area contributed by atoms with Gasteiger partial charge in [0, 0.05) is 11.3 Å². The Bertz CT molecular complexity index is 1140. The van der Waals surface area contributed by atoms with E-state index in [9.17, 15) is 14.4 Å². The van der Waals surface area contributed by atoms with Crippen molar-refractivity contribution in [1.82, 2.24) is 4.90 Å². The van der Waals surface area contributed by atoms with Crippen molar-refractivity contribution < 1.29 is 23.5 Å². The molecule has 0 aliphatic carbocycles. The lowest BCUT2D eigenvalue weighted by molar-refractivity contribution is -0.128. The molecule has 1 aromatic heterocycles. The number of benzene rings is 2. The van der Waals surface area contributed by atoms with E-state index in [1.165, 1.54) is 7.11 Å². The first-order valence-corrected chi connectivity index (χ1v) is 11.1. The molecule has 0 unspecified atom stereocenters. The van der Waals surface area contributed by atoms with E-state index in [0.29, 0.717) is 34.7 Å². The first kappa shape index (κ1) is 21.7. The molecule has 0 radical (unpaired) electrons. The molecule has 7 nitrogen and oxygen atoms in total. The smallest absolute Gasteiger partial charge is 0.338 e. The van der Waals surface area contributed by atoms with Crippen LogP contribution in [0, 0.1) is 6.92 Å². The number of nitrogens with zero attached hydrogens (tertiary/aromatic N) is 1. The highest BCUT2D eigenvalue weighted by Crippen LogP contribution is 2.39. The van der Waals surface area contributed by atoms with Crippen LogP contribution < -0.4 is 5.32 Å². The van der Waals surface area contributed by atoms with Gasteiger partial charge in [-0.3, -0.25) is 9.59 Å². The molecule has 1 N–H and O–H groups in total. The highest BCUT2D eigenvalue weighted by molar-refractivity contribution is 8.00. The fourth-order valence-corrected chi connectivity index (χ4v) is 4.76. The minimum atomic E-state index is -0.453. The lowest BCUT2D eigenvalue weighted by atomic mass is 10.1. The number of esters is 1. The maximum atomic E-state index is 12.8. The van der Waals surface area contributed by atoms with Gasteiger partial charge in [-0.05, 0) is 54.4 Å². The van der Waals surface area contributed by atoms with Gasteiger partial charge in [-0.25, -0.2) is 4.79 Å². The summed E-state index contributed by atoms with van der Waals surface area (Å²) in [6.45, 7) is 2.16. The molecule has 8 heteroatoms. The molecule has 3 aromatic rings. The fraction of sp³-hybridized carbons (Fsp3) is 0.208. The van der Waals surface area contributed by atoms with Crippen molar-refractivity contribution in [2.75, 3.05) is 18.2 Å². The number of thioether (sulfide) groups is 1. The molecular weight excluding hydrogens is 428 g/mol. The number of hydrogen-bond donors (Lipinski definition) is 1. The first-order chi connectivity index (χ1) is 15.5. The highest BCUT2D eigenvalue weighted by atomic mass is 32.2. The zero-order chi connectivity index (χ0) is 22.7. The van der Waals surface area contributed by atoms with E-state index in [1.807, 2.05) is 18.2 Å². The van der Waals surface area contributed by atoms with E-state index < -0.39 is 5.97 Å². The van der Waals surface area contributed by atoms with Crippen LogP contribution in [0.1, 0.15) is 43.0 Å². The largest absolute Gasteiger partial charge is 0.467 e. The lowest BCUT2D eigenvalue weighted by Gasteiger charge is -2.23. The van der Waals surface area contributed by atoms with Crippen molar-refractivity contribution in [2.24, 2.45) is 0 Å². The number of furan rings is 1. The zero-order valence-corrected chi connectivity index (χ0v) is 18.5. The minimum absolute atomic E-state index is 0.0548. The van der Waals surface area contributed by atoms with E-state index in [1.54, 1.807) is 66.2 Å². The molecule has 2 heterocycles. The Morgan fingerprint density at radius 2 is 1.94 bits per heavy atom. The van der Waals surface area contributed by atoms with Crippen molar-refractivity contribution in [3.63, 3.8) is 0 Å². The van der Waals surface area contributed by atoms with Crippen LogP contribution in [0.2, 0.25) is 0 Å². The van der Waals surface area contributed by atoms with Gasteiger partial charge in [0.1, 0.15) is 11.1 Å². The normalized spacial score (nSPS) is 15.6. The molecule has 0 bridgehead atoms. The molecule has 2 aromatic carbocycles. The van der Waals surface area contributed by atoms with Crippen molar-refractivity contribution in [2.45, 2.75) is 18.8 Å². The number of hydrogen-bond acceptors (Lipinski definition) is 6. The zero-order valence-electron chi connectivity index (χ0n) is 17.7. The molecule has 1 aliphatic heterocycles. The van der Waals surface area contributed by atoms with E-state index in [4.69, 9.17) is 9.15 Å². The Balaban J connectivity index is 1.48. The maximum absolute atomic E-state index is 12.8. The van der Waals surface area contributed by atoms with Crippen molar-refractivity contribution >= 4 is 35.2 Å². The third-order valence-corrected chi connectivity index (χ3v) is 6.58. The summed E-state index contributed by atoms with van der Waals surface area (Å²) in [5, 5.41) is 2.72. The topological polar surface area (TPSA) is 88.8 Å². The Kier molecular flexibility index (Phi) is 6.32. The van der Waals surface area contributed by atoms with Crippen LogP contribution >= 0.6 is 11.8 Å². The Hall–Kier alpha value is -3.52. The second kappa shape index (κ2) is 9.32. The molecule has 0 spiro atoms. The summed E-state index contributed by atoms with van der Waals surface area (Å²) in [4.78, 5) is 38.8. The third kappa shape index (κ3) is 4.40. The molecule has 1 saturated heterocycles. The number of anilines is 1. The predicted molar refractivity (Wildman–Crippen MR) is 121 cm³/mol. The van der Waals surface area contributed by atoms with Crippen LogP contribution in [0.3, 0.4) is 0 Å². The van der Waals surface area contributed by atoms with Crippen LogP contribution in [0.15, 0.2) is 65.3 Å². The molecule has 0 saturated carbocycles. The number of methoxy groups -OCH3 is 1. The van der Waals surface area contributed by atoms with E-state index >= 15 is 0 Å². The average Bonchev–Trinajstić information content (AvgIpc) is 3.45. The van der Waals surface area contributed by atoms with Gasteiger partial charge in [0.25, 0.3) is 5.91 Å². The summed E-state index contributed by atoms with van der Waals surface area (Å²) in [5.74, 6) is 0.448. The summed E-state index contributed by atoms with van der Waals surface area (Å²) in [7, 11) is 1.32. The van der Waals surface area contributed by atoms with Gasteiger partial charge in [0.05, 0.1) is 31.2 Å². The average molecular weight is 451 g/mol.